The summed E-state index contributed by atoms with van der Waals surface area (Å²) in [6.45, 7) is 1.62. The first-order valence-electron chi connectivity index (χ1n) is 6.01. The summed E-state index contributed by atoms with van der Waals surface area (Å²) in [4.78, 5) is 14.5. The fourth-order valence-corrected chi connectivity index (χ4v) is 2.25. The highest BCUT2D eigenvalue weighted by atomic mass is 79.9. The van der Waals surface area contributed by atoms with Crippen LogP contribution in [0.3, 0.4) is 0 Å². The van der Waals surface area contributed by atoms with Crippen LogP contribution in [-0.4, -0.2) is 48.1 Å². The van der Waals surface area contributed by atoms with Crippen LogP contribution in [0.4, 0.5) is 10.5 Å². The standard InChI is InChI=1S/C14H16BrClN2O2/c1-17(10-7-15)8-2-3-9-18(14(19)20)13-6-4-5-12(16)11-13/h4-6,11H,7-10H2,1H3,(H,19,20). The normalized spacial score (nSPS) is 10.0. The minimum absolute atomic E-state index is 0.123. The average Bonchev–Trinajstić information content (AvgIpc) is 2.38. The molecule has 108 valence electrons. The number of carbonyl (C=O) groups is 1. The van der Waals surface area contributed by atoms with E-state index in [1.165, 1.54) is 4.90 Å². The number of alkyl halides is 1. The lowest BCUT2D eigenvalue weighted by molar-refractivity contribution is 0.202. The molecule has 0 fully saturated rings. The van der Waals surface area contributed by atoms with Crippen LogP contribution in [0, 0.1) is 11.8 Å². The van der Waals surface area contributed by atoms with Crippen molar-refractivity contribution in [3.8, 4) is 11.8 Å². The molecule has 1 amide bonds. The second kappa shape index (κ2) is 8.85. The third-order valence-corrected chi connectivity index (χ3v) is 3.12. The molecule has 1 aromatic carbocycles. The quantitative estimate of drug-likeness (QED) is 0.649. The van der Waals surface area contributed by atoms with E-state index < -0.39 is 6.09 Å². The Morgan fingerprint density at radius 1 is 1.40 bits per heavy atom. The number of rotatable bonds is 5. The third kappa shape index (κ3) is 5.83. The summed E-state index contributed by atoms with van der Waals surface area (Å²) in [5.74, 6) is 5.83. The van der Waals surface area contributed by atoms with Crippen molar-refractivity contribution in [3.05, 3.63) is 29.3 Å². The monoisotopic (exact) mass is 358 g/mol. The molecule has 20 heavy (non-hydrogen) atoms. The second-order valence-corrected chi connectivity index (χ2v) is 5.36. The summed E-state index contributed by atoms with van der Waals surface area (Å²) in [7, 11) is 1.96. The Hall–Kier alpha value is -1.22. The second-order valence-electron chi connectivity index (χ2n) is 4.13. The van der Waals surface area contributed by atoms with Gasteiger partial charge in [-0.05, 0) is 25.2 Å². The summed E-state index contributed by atoms with van der Waals surface area (Å²) in [5.41, 5.74) is 0.521. The van der Waals surface area contributed by atoms with Crippen LogP contribution >= 0.6 is 27.5 Å². The van der Waals surface area contributed by atoms with Gasteiger partial charge in [0.05, 0.1) is 13.1 Å². The summed E-state index contributed by atoms with van der Waals surface area (Å²) in [6, 6.07) is 6.71. The molecule has 1 N–H and O–H groups in total. The molecule has 0 spiro atoms. The van der Waals surface area contributed by atoms with Gasteiger partial charge in [0.2, 0.25) is 0 Å². The number of benzene rings is 1. The van der Waals surface area contributed by atoms with Crippen molar-refractivity contribution < 1.29 is 9.90 Å². The molecule has 0 aliphatic rings. The van der Waals surface area contributed by atoms with Crippen molar-refractivity contribution in [2.75, 3.05) is 36.9 Å². The van der Waals surface area contributed by atoms with Crippen LogP contribution in [0.5, 0.6) is 0 Å². The fourth-order valence-electron chi connectivity index (χ4n) is 1.46. The Morgan fingerprint density at radius 3 is 2.70 bits per heavy atom. The highest BCUT2D eigenvalue weighted by molar-refractivity contribution is 9.09. The van der Waals surface area contributed by atoms with Gasteiger partial charge in [0.15, 0.2) is 0 Å². The molecule has 0 heterocycles. The van der Waals surface area contributed by atoms with E-state index in [-0.39, 0.29) is 6.54 Å². The smallest absolute Gasteiger partial charge is 0.412 e. The summed E-state index contributed by atoms with van der Waals surface area (Å²) in [6.07, 6.45) is -1.05. The van der Waals surface area contributed by atoms with Gasteiger partial charge < -0.3 is 5.11 Å². The number of hydrogen-bond donors (Lipinski definition) is 1. The van der Waals surface area contributed by atoms with Crippen molar-refractivity contribution in [2.24, 2.45) is 0 Å². The van der Waals surface area contributed by atoms with Gasteiger partial charge in [0.1, 0.15) is 0 Å². The molecule has 0 saturated heterocycles. The molecular formula is C14H16BrClN2O2. The van der Waals surface area contributed by atoms with E-state index in [1.807, 2.05) is 11.9 Å². The molecule has 0 aliphatic carbocycles. The molecule has 0 saturated carbocycles. The van der Waals surface area contributed by atoms with E-state index in [0.717, 1.165) is 11.9 Å². The molecule has 1 aromatic rings. The molecule has 0 atom stereocenters. The zero-order chi connectivity index (χ0) is 15.0. The maximum atomic E-state index is 11.2. The molecule has 0 bridgehead atoms. The van der Waals surface area contributed by atoms with Gasteiger partial charge in [0, 0.05) is 22.6 Å². The molecule has 4 nitrogen and oxygen atoms in total. The van der Waals surface area contributed by atoms with Crippen LogP contribution in [0.15, 0.2) is 24.3 Å². The van der Waals surface area contributed by atoms with Gasteiger partial charge in [-0.3, -0.25) is 9.80 Å². The molecule has 1 rings (SSSR count). The number of amides is 1. The Balaban J connectivity index is 2.66. The molecular weight excluding hydrogens is 344 g/mol. The lowest BCUT2D eigenvalue weighted by atomic mass is 10.3. The zero-order valence-corrected chi connectivity index (χ0v) is 13.5. The van der Waals surface area contributed by atoms with Gasteiger partial charge in [-0.15, -0.1) is 0 Å². The largest absolute Gasteiger partial charge is 0.465 e. The first-order chi connectivity index (χ1) is 9.54. The summed E-state index contributed by atoms with van der Waals surface area (Å²) < 4.78 is 0. The van der Waals surface area contributed by atoms with Gasteiger partial charge in [-0.2, -0.15) is 0 Å². The fraction of sp³-hybridized carbons (Fsp3) is 0.357. The molecule has 0 aromatic heterocycles. The number of nitrogens with zero attached hydrogens (tertiary/aromatic N) is 2. The Labute approximate surface area is 132 Å². The van der Waals surface area contributed by atoms with Gasteiger partial charge >= 0.3 is 6.09 Å². The van der Waals surface area contributed by atoms with Crippen molar-refractivity contribution in [1.82, 2.24) is 4.90 Å². The Morgan fingerprint density at radius 2 is 2.10 bits per heavy atom. The van der Waals surface area contributed by atoms with Crippen LogP contribution in [0.25, 0.3) is 0 Å². The minimum atomic E-state index is -1.05. The zero-order valence-electron chi connectivity index (χ0n) is 11.1. The van der Waals surface area contributed by atoms with Crippen LogP contribution in [0.2, 0.25) is 5.02 Å². The van der Waals surface area contributed by atoms with Gasteiger partial charge in [0.25, 0.3) is 0 Å². The van der Waals surface area contributed by atoms with E-state index in [2.05, 4.69) is 27.8 Å². The Bertz CT molecular complexity index is 513. The SMILES string of the molecule is CN(CC#CCN(C(=O)O)c1cccc(Cl)c1)CCBr. The molecule has 6 heteroatoms. The van der Waals surface area contributed by atoms with Crippen molar-refractivity contribution in [2.45, 2.75) is 0 Å². The third-order valence-electron chi connectivity index (χ3n) is 2.53. The predicted molar refractivity (Wildman–Crippen MR) is 85.9 cm³/mol. The van der Waals surface area contributed by atoms with E-state index in [0.29, 0.717) is 17.3 Å². The van der Waals surface area contributed by atoms with Crippen LogP contribution in [-0.2, 0) is 0 Å². The van der Waals surface area contributed by atoms with E-state index in [1.54, 1.807) is 24.3 Å². The maximum absolute atomic E-state index is 11.2. The van der Waals surface area contributed by atoms with Crippen molar-refractivity contribution in [3.63, 3.8) is 0 Å². The van der Waals surface area contributed by atoms with Gasteiger partial charge in [-0.25, -0.2) is 4.79 Å². The summed E-state index contributed by atoms with van der Waals surface area (Å²) >= 11 is 9.21. The highest BCUT2D eigenvalue weighted by Gasteiger charge is 2.12. The predicted octanol–water partition coefficient (Wildman–Crippen LogP) is 3.15. The summed E-state index contributed by atoms with van der Waals surface area (Å²) in [5, 5.41) is 10.6. The number of hydrogen-bond acceptors (Lipinski definition) is 2. The van der Waals surface area contributed by atoms with E-state index in [9.17, 15) is 9.90 Å². The maximum Gasteiger partial charge on any atom is 0.412 e. The van der Waals surface area contributed by atoms with E-state index in [4.69, 9.17) is 11.6 Å². The first-order valence-corrected chi connectivity index (χ1v) is 7.50. The first kappa shape index (κ1) is 16.8. The lowest BCUT2D eigenvalue weighted by Crippen LogP contribution is -2.29. The lowest BCUT2D eigenvalue weighted by Gasteiger charge is -2.16. The number of halogens is 2. The highest BCUT2D eigenvalue weighted by Crippen LogP contribution is 2.19. The molecule has 0 unspecified atom stereocenters. The minimum Gasteiger partial charge on any atom is -0.465 e. The van der Waals surface area contributed by atoms with Crippen molar-refractivity contribution >= 4 is 39.3 Å². The van der Waals surface area contributed by atoms with Crippen molar-refractivity contribution in [1.29, 1.82) is 0 Å². The molecule has 0 aliphatic heterocycles. The Kier molecular flexibility index (Phi) is 7.45. The van der Waals surface area contributed by atoms with E-state index >= 15 is 0 Å². The van der Waals surface area contributed by atoms with Crippen LogP contribution < -0.4 is 4.90 Å². The topological polar surface area (TPSA) is 43.8 Å². The average molecular weight is 360 g/mol. The molecule has 0 radical (unpaired) electrons. The number of carboxylic acid groups (broad SMARTS) is 1. The number of anilines is 1. The van der Waals surface area contributed by atoms with Gasteiger partial charge in [-0.1, -0.05) is 45.4 Å². The van der Waals surface area contributed by atoms with Crippen LogP contribution in [0.1, 0.15) is 0 Å².